The maximum Gasteiger partial charge on any atom is 0.130 e. The fourth-order valence-electron chi connectivity index (χ4n) is 2.28. The van der Waals surface area contributed by atoms with Gasteiger partial charge in [0.2, 0.25) is 0 Å². The predicted octanol–water partition coefficient (Wildman–Crippen LogP) is 3.86. The van der Waals surface area contributed by atoms with Gasteiger partial charge < -0.3 is 5.73 Å². The van der Waals surface area contributed by atoms with Gasteiger partial charge in [0.15, 0.2) is 0 Å². The minimum atomic E-state index is -0.560. The van der Waals surface area contributed by atoms with Gasteiger partial charge in [-0.15, -0.1) is 0 Å². The molecule has 1 aromatic rings. The average Bonchev–Trinajstić information content (AvgIpc) is 2.30. The second-order valence-corrected chi connectivity index (χ2v) is 4.58. The van der Waals surface area contributed by atoms with Crippen molar-refractivity contribution in [1.29, 1.82) is 0 Å². The lowest BCUT2D eigenvalue weighted by Crippen LogP contribution is -2.14. The molecule has 1 aliphatic rings. The normalized spacial score (nSPS) is 17.7. The Labute approximate surface area is 100 Å². The molecule has 0 spiro atoms. The predicted molar refractivity (Wildman–Crippen MR) is 64.5 cm³/mol. The number of allylic oxidation sites excluding steroid dienone is 1. The zero-order valence-electron chi connectivity index (χ0n) is 9.76. The molecule has 1 unspecified atom stereocenters. The van der Waals surface area contributed by atoms with Crippen LogP contribution in [0.4, 0.5) is 8.78 Å². The van der Waals surface area contributed by atoms with Crippen molar-refractivity contribution in [2.24, 2.45) is 5.73 Å². The zero-order valence-corrected chi connectivity index (χ0v) is 9.76. The van der Waals surface area contributed by atoms with E-state index in [4.69, 9.17) is 5.73 Å². The van der Waals surface area contributed by atoms with Crippen LogP contribution in [0.3, 0.4) is 0 Å². The van der Waals surface area contributed by atoms with Crippen LogP contribution in [0, 0.1) is 11.6 Å². The first-order chi connectivity index (χ1) is 8.16. The monoisotopic (exact) mass is 237 g/mol. The van der Waals surface area contributed by atoms with E-state index in [9.17, 15) is 8.78 Å². The van der Waals surface area contributed by atoms with Gasteiger partial charge >= 0.3 is 0 Å². The van der Waals surface area contributed by atoms with Crippen molar-refractivity contribution in [3.63, 3.8) is 0 Å². The van der Waals surface area contributed by atoms with Crippen molar-refractivity contribution in [2.45, 2.75) is 38.1 Å². The second kappa shape index (κ2) is 5.41. The first-order valence-corrected chi connectivity index (χ1v) is 6.05. The van der Waals surface area contributed by atoms with E-state index in [0.29, 0.717) is 12.0 Å². The first-order valence-electron chi connectivity index (χ1n) is 6.05. The minimum Gasteiger partial charge on any atom is -0.324 e. The maximum atomic E-state index is 13.5. The summed E-state index contributed by atoms with van der Waals surface area (Å²) in [6, 6.07) is 3.22. The van der Waals surface area contributed by atoms with Crippen molar-refractivity contribution in [2.75, 3.05) is 0 Å². The molecule has 17 heavy (non-hydrogen) atoms. The van der Waals surface area contributed by atoms with E-state index in [1.807, 2.05) is 0 Å². The molecule has 0 amide bonds. The molecular weight excluding hydrogens is 220 g/mol. The molecule has 0 saturated heterocycles. The van der Waals surface area contributed by atoms with Crippen LogP contribution in [-0.4, -0.2) is 0 Å². The second-order valence-electron chi connectivity index (χ2n) is 4.58. The van der Waals surface area contributed by atoms with Gasteiger partial charge in [0.25, 0.3) is 0 Å². The summed E-state index contributed by atoms with van der Waals surface area (Å²) in [6.07, 6.45) is 7.42. The first kappa shape index (κ1) is 12.2. The molecule has 0 aromatic heterocycles. The van der Waals surface area contributed by atoms with Crippen LogP contribution < -0.4 is 5.73 Å². The summed E-state index contributed by atoms with van der Waals surface area (Å²) in [6.45, 7) is 0. The van der Waals surface area contributed by atoms with Gasteiger partial charge in [-0.25, -0.2) is 8.78 Å². The zero-order chi connectivity index (χ0) is 12.3. The van der Waals surface area contributed by atoms with Gasteiger partial charge in [-0.05, 0) is 38.2 Å². The van der Waals surface area contributed by atoms with Crippen molar-refractivity contribution in [3.05, 3.63) is 47.0 Å². The van der Waals surface area contributed by atoms with Crippen molar-refractivity contribution in [3.8, 4) is 0 Å². The van der Waals surface area contributed by atoms with Crippen molar-refractivity contribution < 1.29 is 8.78 Å². The van der Waals surface area contributed by atoms with Gasteiger partial charge in [0.05, 0.1) is 0 Å². The molecule has 3 heteroatoms. The molecule has 1 nitrogen and oxygen atoms in total. The molecular formula is C14H17F2N. The number of nitrogens with two attached hydrogens (primary N) is 1. The fourth-order valence-corrected chi connectivity index (χ4v) is 2.28. The molecule has 0 aliphatic heterocycles. The molecule has 0 bridgehead atoms. The Morgan fingerprint density at radius 2 is 2.06 bits per heavy atom. The third-order valence-corrected chi connectivity index (χ3v) is 3.23. The van der Waals surface area contributed by atoms with Gasteiger partial charge in [0, 0.05) is 17.7 Å². The average molecular weight is 237 g/mol. The molecule has 0 fully saturated rings. The van der Waals surface area contributed by atoms with Crippen LogP contribution in [0.25, 0.3) is 0 Å². The van der Waals surface area contributed by atoms with E-state index in [-0.39, 0.29) is 6.04 Å². The number of benzene rings is 1. The summed E-state index contributed by atoms with van der Waals surface area (Å²) in [5.74, 6) is -1.11. The molecule has 2 rings (SSSR count). The molecule has 1 aliphatic carbocycles. The quantitative estimate of drug-likeness (QED) is 0.794. The summed E-state index contributed by atoms with van der Waals surface area (Å²) in [5, 5.41) is 0. The number of halogens is 2. The smallest absolute Gasteiger partial charge is 0.130 e. The van der Waals surface area contributed by atoms with Gasteiger partial charge in [0.1, 0.15) is 11.6 Å². The molecule has 1 atom stereocenters. The third-order valence-electron chi connectivity index (χ3n) is 3.23. The minimum absolute atomic E-state index is 0.375. The highest BCUT2D eigenvalue weighted by molar-refractivity contribution is 5.24. The van der Waals surface area contributed by atoms with Crippen LogP contribution in [0.2, 0.25) is 0 Å². The van der Waals surface area contributed by atoms with Gasteiger partial charge in [-0.2, -0.15) is 0 Å². The number of rotatable bonds is 3. The van der Waals surface area contributed by atoms with Crippen molar-refractivity contribution in [1.82, 2.24) is 0 Å². The Morgan fingerprint density at radius 3 is 2.71 bits per heavy atom. The van der Waals surface area contributed by atoms with Crippen LogP contribution >= 0.6 is 0 Å². The molecule has 0 heterocycles. The van der Waals surface area contributed by atoms with Crippen LogP contribution in [-0.2, 0) is 0 Å². The molecule has 0 saturated carbocycles. The number of hydrogen-bond donors (Lipinski definition) is 1. The topological polar surface area (TPSA) is 26.0 Å². The largest absolute Gasteiger partial charge is 0.324 e. The summed E-state index contributed by atoms with van der Waals surface area (Å²) in [4.78, 5) is 0. The third kappa shape index (κ3) is 3.13. The van der Waals surface area contributed by atoms with Crippen LogP contribution in [0.1, 0.15) is 43.7 Å². The lowest BCUT2D eigenvalue weighted by Gasteiger charge is -2.18. The summed E-state index contributed by atoms with van der Waals surface area (Å²) < 4.78 is 26.3. The lowest BCUT2D eigenvalue weighted by atomic mass is 9.92. The Morgan fingerprint density at radius 1 is 1.24 bits per heavy atom. The Kier molecular flexibility index (Phi) is 3.89. The fraction of sp³-hybridized carbons (Fsp3) is 0.429. The van der Waals surface area contributed by atoms with Crippen LogP contribution in [0.15, 0.2) is 29.8 Å². The summed E-state index contributed by atoms with van der Waals surface area (Å²) in [7, 11) is 0. The van der Waals surface area contributed by atoms with E-state index in [2.05, 4.69) is 6.08 Å². The van der Waals surface area contributed by atoms with E-state index in [0.717, 1.165) is 18.9 Å². The Balaban J connectivity index is 2.08. The van der Waals surface area contributed by atoms with Crippen molar-refractivity contribution >= 4 is 0 Å². The van der Waals surface area contributed by atoms with Gasteiger partial charge in [-0.1, -0.05) is 17.7 Å². The van der Waals surface area contributed by atoms with E-state index in [1.165, 1.54) is 30.5 Å². The van der Waals surface area contributed by atoms with E-state index < -0.39 is 11.6 Å². The molecule has 92 valence electrons. The summed E-state index contributed by atoms with van der Waals surface area (Å²) in [5.41, 5.74) is 7.67. The number of hydrogen-bond acceptors (Lipinski definition) is 1. The Hall–Kier alpha value is -1.22. The molecule has 0 radical (unpaired) electrons. The molecule has 1 aromatic carbocycles. The summed E-state index contributed by atoms with van der Waals surface area (Å²) >= 11 is 0. The SMILES string of the molecule is NC(CC1=CCCCC1)c1ccc(F)cc1F. The Bertz CT molecular complexity index is 426. The van der Waals surface area contributed by atoms with E-state index in [1.54, 1.807) is 0 Å². The standard InChI is InChI=1S/C14H17F2N/c15-11-6-7-12(13(16)9-11)14(17)8-10-4-2-1-3-5-10/h4,6-7,9,14H,1-3,5,8,17H2. The highest BCUT2D eigenvalue weighted by Gasteiger charge is 2.14. The highest BCUT2D eigenvalue weighted by atomic mass is 19.1. The molecule has 2 N–H and O–H groups in total. The maximum absolute atomic E-state index is 13.5. The van der Waals surface area contributed by atoms with Gasteiger partial charge in [-0.3, -0.25) is 0 Å². The van der Waals surface area contributed by atoms with E-state index >= 15 is 0 Å². The van der Waals surface area contributed by atoms with Crippen LogP contribution in [0.5, 0.6) is 0 Å². The highest BCUT2D eigenvalue weighted by Crippen LogP contribution is 2.27. The lowest BCUT2D eigenvalue weighted by molar-refractivity contribution is 0.547.